The van der Waals surface area contributed by atoms with E-state index in [0.717, 1.165) is 29.7 Å². The Hall–Kier alpha value is -3.11. The van der Waals surface area contributed by atoms with E-state index in [-0.39, 0.29) is 16.0 Å². The van der Waals surface area contributed by atoms with Crippen molar-refractivity contribution in [1.29, 1.82) is 0 Å². The number of sulfonamides is 1. The van der Waals surface area contributed by atoms with Crippen LogP contribution < -0.4 is 14.8 Å². The molecule has 0 aliphatic heterocycles. The van der Waals surface area contributed by atoms with Gasteiger partial charge in [-0.2, -0.15) is 0 Å². The fourth-order valence-electron chi connectivity index (χ4n) is 3.05. The van der Waals surface area contributed by atoms with Gasteiger partial charge in [0.2, 0.25) is 5.91 Å². The lowest BCUT2D eigenvalue weighted by molar-refractivity contribution is -0.117. The fourth-order valence-corrected chi connectivity index (χ4v) is 5.34. The molecule has 2 aromatic heterocycles. The highest BCUT2D eigenvalue weighted by Gasteiger charge is 2.30. The summed E-state index contributed by atoms with van der Waals surface area (Å²) in [5.74, 6) is 0.882. The van der Waals surface area contributed by atoms with Crippen molar-refractivity contribution in [2.45, 2.75) is 30.9 Å². The number of anilines is 2. The van der Waals surface area contributed by atoms with Gasteiger partial charge in [-0.3, -0.25) is 9.52 Å². The van der Waals surface area contributed by atoms with Gasteiger partial charge in [0, 0.05) is 10.8 Å². The standard InChI is InChI=1S/C22H23N3O5S2/c1-13-4-9-18(29-3)17(12-13)25-32(27,28)20-11-8-16(31-20)7-10-19-21(14(2)24-30-19)23-22(26)15-5-6-15/h4,7-12,15,25H,5-6H2,1-3H3,(H,23,26). The van der Waals surface area contributed by atoms with Crippen LogP contribution in [0.4, 0.5) is 11.4 Å². The van der Waals surface area contributed by atoms with E-state index in [1.54, 1.807) is 37.3 Å². The summed E-state index contributed by atoms with van der Waals surface area (Å²) in [7, 11) is -2.30. The Labute approximate surface area is 190 Å². The maximum atomic E-state index is 12.9. The van der Waals surface area contributed by atoms with Crippen molar-refractivity contribution in [2.24, 2.45) is 5.92 Å². The Kier molecular flexibility index (Phi) is 6.07. The molecule has 1 aliphatic carbocycles. The Morgan fingerprint density at radius 2 is 2.00 bits per heavy atom. The molecular weight excluding hydrogens is 450 g/mol. The molecule has 2 N–H and O–H groups in total. The van der Waals surface area contributed by atoms with E-state index in [2.05, 4.69) is 15.2 Å². The first-order valence-corrected chi connectivity index (χ1v) is 12.3. The number of rotatable bonds is 8. The van der Waals surface area contributed by atoms with Crippen LogP contribution in [0.15, 0.2) is 39.1 Å². The molecule has 168 valence electrons. The third kappa shape index (κ3) is 4.86. The molecule has 1 aliphatic rings. The maximum absolute atomic E-state index is 12.9. The van der Waals surface area contributed by atoms with Crippen molar-refractivity contribution >= 4 is 50.8 Å². The van der Waals surface area contributed by atoms with Gasteiger partial charge in [-0.05, 0) is 68.7 Å². The zero-order valence-corrected chi connectivity index (χ0v) is 19.5. The summed E-state index contributed by atoms with van der Waals surface area (Å²) < 4.78 is 39.0. The number of ether oxygens (including phenoxy) is 1. The molecule has 0 unspecified atom stereocenters. The van der Waals surface area contributed by atoms with E-state index in [0.29, 0.717) is 33.5 Å². The van der Waals surface area contributed by atoms with Crippen molar-refractivity contribution < 1.29 is 22.5 Å². The molecule has 8 nitrogen and oxygen atoms in total. The van der Waals surface area contributed by atoms with E-state index in [1.165, 1.54) is 13.2 Å². The van der Waals surface area contributed by atoms with Crippen molar-refractivity contribution in [2.75, 3.05) is 17.1 Å². The second-order valence-corrected chi connectivity index (χ2v) is 10.6. The van der Waals surface area contributed by atoms with Gasteiger partial charge in [-0.25, -0.2) is 8.42 Å². The van der Waals surface area contributed by atoms with Crippen molar-refractivity contribution in [1.82, 2.24) is 5.16 Å². The average Bonchev–Trinajstić information content (AvgIpc) is 3.39. The van der Waals surface area contributed by atoms with E-state index in [1.807, 2.05) is 13.0 Å². The lowest BCUT2D eigenvalue weighted by Gasteiger charge is -2.11. The molecular formula is C22H23N3O5S2. The number of methoxy groups -OCH3 is 1. The Bertz CT molecular complexity index is 1290. The van der Waals surface area contributed by atoms with Gasteiger partial charge in [-0.15, -0.1) is 11.3 Å². The molecule has 32 heavy (non-hydrogen) atoms. The summed E-state index contributed by atoms with van der Waals surface area (Å²) >= 11 is 1.11. The lowest BCUT2D eigenvalue weighted by atomic mass is 10.2. The summed E-state index contributed by atoms with van der Waals surface area (Å²) in [4.78, 5) is 12.8. The first kappa shape index (κ1) is 22.1. The maximum Gasteiger partial charge on any atom is 0.271 e. The number of benzene rings is 1. The number of thiophene rings is 1. The van der Waals surface area contributed by atoms with Gasteiger partial charge in [-0.1, -0.05) is 11.2 Å². The highest BCUT2D eigenvalue weighted by molar-refractivity contribution is 7.94. The number of aromatic nitrogens is 1. The van der Waals surface area contributed by atoms with Crippen LogP contribution in [0.25, 0.3) is 12.2 Å². The molecule has 4 rings (SSSR count). The molecule has 0 atom stereocenters. The SMILES string of the molecule is COc1ccc(C)cc1NS(=O)(=O)c1ccc(C=Cc2onc(C)c2NC(=O)C2CC2)s1. The van der Waals surface area contributed by atoms with Gasteiger partial charge in [0.15, 0.2) is 5.76 Å². The van der Waals surface area contributed by atoms with Crippen LogP contribution in [0.3, 0.4) is 0 Å². The molecule has 1 fully saturated rings. The first-order chi connectivity index (χ1) is 15.3. The Balaban J connectivity index is 1.51. The minimum atomic E-state index is -3.79. The zero-order valence-electron chi connectivity index (χ0n) is 17.8. The Morgan fingerprint density at radius 3 is 2.72 bits per heavy atom. The van der Waals surface area contributed by atoms with Gasteiger partial charge in [0.1, 0.15) is 21.3 Å². The van der Waals surface area contributed by atoms with Crippen LogP contribution in [0.5, 0.6) is 5.75 Å². The molecule has 1 aromatic carbocycles. The van der Waals surface area contributed by atoms with Crippen molar-refractivity contribution in [3.63, 3.8) is 0 Å². The van der Waals surface area contributed by atoms with Crippen molar-refractivity contribution in [3.05, 3.63) is 52.2 Å². The number of carbonyl (C=O) groups is 1. The number of hydrogen-bond donors (Lipinski definition) is 2. The van der Waals surface area contributed by atoms with E-state index < -0.39 is 10.0 Å². The molecule has 3 aromatic rings. The van der Waals surface area contributed by atoms with Gasteiger partial charge in [0.05, 0.1) is 12.8 Å². The van der Waals surface area contributed by atoms with E-state index >= 15 is 0 Å². The number of nitrogens with zero attached hydrogens (tertiary/aromatic N) is 1. The number of amides is 1. The molecule has 1 amide bonds. The predicted octanol–water partition coefficient (Wildman–Crippen LogP) is 4.68. The van der Waals surface area contributed by atoms with Crippen LogP contribution in [0.1, 0.15) is 34.7 Å². The molecule has 0 radical (unpaired) electrons. The Morgan fingerprint density at radius 1 is 1.22 bits per heavy atom. The van der Waals surface area contributed by atoms with Gasteiger partial charge in [0.25, 0.3) is 10.0 Å². The van der Waals surface area contributed by atoms with Crippen LogP contribution in [-0.4, -0.2) is 26.6 Å². The molecule has 0 bridgehead atoms. The predicted molar refractivity (Wildman–Crippen MR) is 124 cm³/mol. The third-order valence-corrected chi connectivity index (χ3v) is 7.86. The molecule has 10 heteroatoms. The quantitative estimate of drug-likeness (QED) is 0.491. The minimum Gasteiger partial charge on any atom is -0.495 e. The average molecular weight is 474 g/mol. The highest BCUT2D eigenvalue weighted by atomic mass is 32.2. The number of carbonyl (C=O) groups excluding carboxylic acids is 1. The number of nitrogens with one attached hydrogen (secondary N) is 2. The second-order valence-electron chi connectivity index (χ2n) is 7.57. The lowest BCUT2D eigenvalue weighted by Crippen LogP contribution is -2.14. The summed E-state index contributed by atoms with van der Waals surface area (Å²) in [6, 6.07) is 8.52. The third-order valence-electron chi connectivity index (χ3n) is 4.95. The topological polar surface area (TPSA) is 111 Å². The van der Waals surface area contributed by atoms with Crippen molar-refractivity contribution in [3.8, 4) is 5.75 Å². The highest BCUT2D eigenvalue weighted by Crippen LogP contribution is 2.33. The summed E-state index contributed by atoms with van der Waals surface area (Å²) in [6.45, 7) is 3.63. The van der Waals surface area contributed by atoms with Crippen LogP contribution in [0.2, 0.25) is 0 Å². The fraction of sp³-hybridized carbons (Fsp3) is 0.273. The zero-order chi connectivity index (χ0) is 22.9. The summed E-state index contributed by atoms with van der Waals surface area (Å²) in [6.07, 6.45) is 5.19. The first-order valence-electron chi connectivity index (χ1n) is 9.99. The van der Waals surface area contributed by atoms with Crippen LogP contribution >= 0.6 is 11.3 Å². The normalized spacial score (nSPS) is 14.0. The van der Waals surface area contributed by atoms with Crippen LogP contribution in [0, 0.1) is 19.8 Å². The molecule has 0 saturated heterocycles. The number of aryl methyl sites for hydroxylation is 2. The molecule has 2 heterocycles. The van der Waals surface area contributed by atoms with Crippen LogP contribution in [-0.2, 0) is 14.8 Å². The summed E-state index contributed by atoms with van der Waals surface area (Å²) in [5, 5.41) is 6.79. The minimum absolute atomic E-state index is 0.0342. The smallest absolute Gasteiger partial charge is 0.271 e. The second kappa shape index (κ2) is 8.79. The van der Waals surface area contributed by atoms with Gasteiger partial charge >= 0.3 is 0 Å². The van der Waals surface area contributed by atoms with E-state index in [9.17, 15) is 13.2 Å². The molecule has 0 spiro atoms. The monoisotopic (exact) mass is 473 g/mol. The molecule has 1 saturated carbocycles. The largest absolute Gasteiger partial charge is 0.495 e. The summed E-state index contributed by atoms with van der Waals surface area (Å²) in [5.41, 5.74) is 2.41. The van der Waals surface area contributed by atoms with E-state index in [4.69, 9.17) is 9.26 Å². The van der Waals surface area contributed by atoms with Gasteiger partial charge < -0.3 is 14.6 Å². The number of hydrogen-bond acceptors (Lipinski definition) is 7.